The van der Waals surface area contributed by atoms with E-state index in [0.29, 0.717) is 19.5 Å². The number of hydrogen-bond donors (Lipinski definition) is 3. The molecule has 0 bridgehead atoms. The minimum atomic E-state index is -0.0346. The number of nitrogens with one attached hydrogen (secondary N) is 3. The summed E-state index contributed by atoms with van der Waals surface area (Å²) in [5, 5.41) is 4.46. The second kappa shape index (κ2) is 10.6. The molecule has 0 spiro atoms. The van der Waals surface area contributed by atoms with Crippen molar-refractivity contribution in [3.8, 4) is 5.75 Å². The number of carbonyl (C=O) groups excluding carboxylic acids is 2. The van der Waals surface area contributed by atoms with Crippen molar-refractivity contribution in [1.29, 1.82) is 0 Å². The van der Waals surface area contributed by atoms with Crippen LogP contribution in [0.1, 0.15) is 32.3 Å². The van der Waals surface area contributed by atoms with Gasteiger partial charge in [0.2, 0.25) is 11.8 Å². The second-order valence-corrected chi connectivity index (χ2v) is 6.51. The van der Waals surface area contributed by atoms with Crippen molar-refractivity contribution in [2.45, 2.75) is 26.7 Å². The molecule has 0 unspecified atom stereocenters. The first-order valence-corrected chi connectivity index (χ1v) is 9.59. The molecule has 0 saturated heterocycles. The molecule has 1 aromatic carbocycles. The van der Waals surface area contributed by atoms with Gasteiger partial charge in [-0.3, -0.25) is 20.0 Å². The average molecular weight is 375 g/mol. The molecule has 2 amide bonds. The Bertz CT molecular complexity index is 654. The van der Waals surface area contributed by atoms with E-state index in [4.69, 9.17) is 4.74 Å². The lowest BCUT2D eigenvalue weighted by Crippen LogP contribution is -3.12. The van der Waals surface area contributed by atoms with E-state index in [2.05, 4.69) is 24.6 Å². The van der Waals surface area contributed by atoms with Gasteiger partial charge in [0.05, 0.1) is 45.5 Å². The van der Waals surface area contributed by atoms with Crippen molar-refractivity contribution in [3.05, 3.63) is 35.9 Å². The Hall–Kier alpha value is -2.54. The van der Waals surface area contributed by atoms with E-state index in [0.717, 1.165) is 36.6 Å². The number of methoxy groups -OCH3 is 1. The van der Waals surface area contributed by atoms with Gasteiger partial charge in [0.25, 0.3) is 0 Å². The summed E-state index contributed by atoms with van der Waals surface area (Å²) in [5.41, 5.74) is 4.96. The second-order valence-electron chi connectivity index (χ2n) is 6.51. The largest absolute Gasteiger partial charge is 0.497 e. The summed E-state index contributed by atoms with van der Waals surface area (Å²) in [6.45, 7) is 8.32. The van der Waals surface area contributed by atoms with Gasteiger partial charge in [0.15, 0.2) is 0 Å². The van der Waals surface area contributed by atoms with Crippen LogP contribution in [-0.2, 0) is 9.59 Å². The zero-order chi connectivity index (χ0) is 19.6. The predicted molar refractivity (Wildman–Crippen MR) is 105 cm³/mol. The molecule has 1 aliphatic heterocycles. The van der Waals surface area contributed by atoms with E-state index in [1.165, 1.54) is 9.91 Å². The SMILES string of the molecule is CC[NH+](CC)CCNC(=O)CCN1NC(c2ccc(OC)cc2)=CCC1=O. The lowest BCUT2D eigenvalue weighted by molar-refractivity contribution is -0.895. The van der Waals surface area contributed by atoms with Gasteiger partial charge in [-0.25, -0.2) is 0 Å². The third-order valence-corrected chi connectivity index (χ3v) is 4.80. The fourth-order valence-electron chi connectivity index (χ4n) is 2.97. The molecule has 0 aromatic heterocycles. The Balaban J connectivity index is 1.81. The highest BCUT2D eigenvalue weighted by atomic mass is 16.5. The van der Waals surface area contributed by atoms with Crippen molar-refractivity contribution in [2.24, 2.45) is 0 Å². The van der Waals surface area contributed by atoms with E-state index in [1.54, 1.807) is 7.11 Å². The first-order valence-electron chi connectivity index (χ1n) is 9.59. The molecule has 1 aromatic rings. The highest BCUT2D eigenvalue weighted by Gasteiger charge is 2.20. The summed E-state index contributed by atoms with van der Waals surface area (Å²) in [6, 6.07) is 7.63. The molecule has 7 nitrogen and oxygen atoms in total. The van der Waals surface area contributed by atoms with Crippen molar-refractivity contribution in [2.75, 3.05) is 39.8 Å². The van der Waals surface area contributed by atoms with Crippen LogP contribution in [0.2, 0.25) is 0 Å². The summed E-state index contributed by atoms with van der Waals surface area (Å²) >= 11 is 0. The standard InChI is InChI=1S/C20H30N4O3/c1-4-23(5-2)15-13-21-19(25)12-14-24-20(26)11-10-18(22-24)16-6-8-17(27-3)9-7-16/h6-10,22H,4-5,11-15H2,1-3H3,(H,21,25)/p+1. The fourth-order valence-corrected chi connectivity index (χ4v) is 2.97. The number of nitrogens with zero attached hydrogens (tertiary/aromatic N) is 1. The maximum absolute atomic E-state index is 12.1. The van der Waals surface area contributed by atoms with Crippen LogP contribution in [0.15, 0.2) is 30.3 Å². The first kappa shape index (κ1) is 20.8. The average Bonchev–Trinajstić information content (AvgIpc) is 2.70. The van der Waals surface area contributed by atoms with Gasteiger partial charge < -0.3 is 15.0 Å². The molecular formula is C20H31N4O3+. The number of hydrogen-bond acceptors (Lipinski definition) is 4. The van der Waals surface area contributed by atoms with Crippen LogP contribution in [0.3, 0.4) is 0 Å². The fraction of sp³-hybridized carbons (Fsp3) is 0.500. The number of hydrazine groups is 1. The van der Waals surface area contributed by atoms with Crippen LogP contribution in [0.4, 0.5) is 0 Å². The normalized spacial score (nSPS) is 14.0. The number of rotatable bonds is 10. The summed E-state index contributed by atoms with van der Waals surface area (Å²) in [6.07, 6.45) is 2.47. The molecule has 3 N–H and O–H groups in total. The van der Waals surface area contributed by atoms with E-state index >= 15 is 0 Å². The van der Waals surface area contributed by atoms with Gasteiger partial charge in [-0.1, -0.05) is 0 Å². The Morgan fingerprint density at radius 2 is 1.96 bits per heavy atom. The van der Waals surface area contributed by atoms with E-state index < -0.39 is 0 Å². The molecular weight excluding hydrogens is 344 g/mol. The lowest BCUT2D eigenvalue weighted by atomic mass is 10.1. The molecule has 0 aliphatic carbocycles. The van der Waals surface area contributed by atoms with Crippen molar-refractivity contribution < 1.29 is 19.2 Å². The van der Waals surface area contributed by atoms with Crippen LogP contribution in [0.5, 0.6) is 5.75 Å². The maximum Gasteiger partial charge on any atom is 0.244 e. The number of benzene rings is 1. The Kier molecular flexibility index (Phi) is 8.13. The Morgan fingerprint density at radius 1 is 1.26 bits per heavy atom. The molecule has 148 valence electrons. The van der Waals surface area contributed by atoms with Gasteiger partial charge in [-0.05, 0) is 49.8 Å². The molecule has 27 heavy (non-hydrogen) atoms. The molecule has 1 aliphatic rings. The summed E-state index contributed by atoms with van der Waals surface area (Å²) in [4.78, 5) is 25.6. The number of quaternary nitrogens is 1. The van der Waals surface area contributed by atoms with E-state index in [1.807, 2.05) is 30.3 Å². The van der Waals surface area contributed by atoms with Crippen molar-refractivity contribution >= 4 is 17.5 Å². The maximum atomic E-state index is 12.1. The zero-order valence-electron chi connectivity index (χ0n) is 16.5. The van der Waals surface area contributed by atoms with E-state index in [-0.39, 0.29) is 18.2 Å². The minimum Gasteiger partial charge on any atom is -0.497 e. The van der Waals surface area contributed by atoms with Crippen LogP contribution in [-0.4, -0.2) is 56.7 Å². The molecule has 0 radical (unpaired) electrons. The van der Waals surface area contributed by atoms with Crippen LogP contribution < -0.4 is 20.4 Å². The monoisotopic (exact) mass is 375 g/mol. The van der Waals surface area contributed by atoms with Crippen molar-refractivity contribution in [1.82, 2.24) is 15.8 Å². The number of ether oxygens (including phenoxy) is 1. The predicted octanol–water partition coefficient (Wildman–Crippen LogP) is 0.204. The number of amides is 2. The van der Waals surface area contributed by atoms with Crippen molar-refractivity contribution in [3.63, 3.8) is 0 Å². The highest BCUT2D eigenvalue weighted by Crippen LogP contribution is 2.20. The Morgan fingerprint density at radius 3 is 2.59 bits per heavy atom. The lowest BCUT2D eigenvalue weighted by Gasteiger charge is -2.29. The topological polar surface area (TPSA) is 75.1 Å². The first-order chi connectivity index (χ1) is 13.1. The highest BCUT2D eigenvalue weighted by molar-refractivity contribution is 5.84. The quantitative estimate of drug-likeness (QED) is 0.546. The van der Waals surface area contributed by atoms with Gasteiger partial charge in [0.1, 0.15) is 5.75 Å². The van der Waals surface area contributed by atoms with E-state index in [9.17, 15) is 9.59 Å². The Labute approximate surface area is 161 Å². The smallest absolute Gasteiger partial charge is 0.244 e. The van der Waals surface area contributed by atoms with Gasteiger partial charge in [-0.15, -0.1) is 0 Å². The minimum absolute atomic E-state index is 0.0308. The molecule has 0 fully saturated rings. The third kappa shape index (κ3) is 6.29. The number of carbonyl (C=O) groups is 2. The summed E-state index contributed by atoms with van der Waals surface area (Å²) < 4.78 is 5.17. The summed E-state index contributed by atoms with van der Waals surface area (Å²) in [7, 11) is 1.63. The molecule has 2 rings (SSSR count). The summed E-state index contributed by atoms with van der Waals surface area (Å²) in [5.74, 6) is 0.718. The van der Waals surface area contributed by atoms with Crippen LogP contribution >= 0.6 is 0 Å². The molecule has 1 heterocycles. The van der Waals surface area contributed by atoms with Gasteiger partial charge in [0, 0.05) is 12.8 Å². The molecule has 0 atom stereocenters. The van der Waals surface area contributed by atoms with Gasteiger partial charge >= 0.3 is 0 Å². The third-order valence-electron chi connectivity index (χ3n) is 4.80. The van der Waals surface area contributed by atoms with Crippen LogP contribution in [0, 0.1) is 0 Å². The van der Waals surface area contributed by atoms with Gasteiger partial charge in [-0.2, -0.15) is 0 Å². The molecule has 0 saturated carbocycles. The zero-order valence-corrected chi connectivity index (χ0v) is 16.5. The molecule has 7 heteroatoms. The number of likely N-dealkylation sites (N-methyl/N-ethyl adjacent to an activating group) is 1. The van der Waals surface area contributed by atoms with Crippen LogP contribution in [0.25, 0.3) is 5.70 Å².